The second kappa shape index (κ2) is 7.55. The van der Waals surface area contributed by atoms with Gasteiger partial charge in [-0.2, -0.15) is 0 Å². The van der Waals surface area contributed by atoms with Crippen LogP contribution in [-0.2, 0) is 0 Å². The Hall–Kier alpha value is -2.25. The van der Waals surface area contributed by atoms with Crippen molar-refractivity contribution in [1.82, 2.24) is 9.88 Å². The SMILES string of the molecule is O=[N+]([O-])c1ccc2nc(NCC(O)CN3CCCCC3)ccc2c1. The summed E-state index contributed by atoms with van der Waals surface area (Å²) in [6.07, 6.45) is 3.25. The Morgan fingerprint density at radius 1 is 1.25 bits per heavy atom. The maximum absolute atomic E-state index is 10.8. The van der Waals surface area contributed by atoms with Crippen LogP contribution in [0.2, 0.25) is 0 Å². The van der Waals surface area contributed by atoms with E-state index >= 15 is 0 Å². The number of rotatable bonds is 6. The molecule has 0 radical (unpaired) electrons. The number of non-ortho nitro benzene ring substituents is 1. The van der Waals surface area contributed by atoms with Gasteiger partial charge in [-0.1, -0.05) is 6.42 Å². The summed E-state index contributed by atoms with van der Waals surface area (Å²) in [6.45, 7) is 3.23. The van der Waals surface area contributed by atoms with E-state index in [4.69, 9.17) is 0 Å². The van der Waals surface area contributed by atoms with Crippen LogP contribution in [0.4, 0.5) is 11.5 Å². The highest BCUT2D eigenvalue weighted by molar-refractivity contribution is 5.82. The Morgan fingerprint density at radius 2 is 2.04 bits per heavy atom. The van der Waals surface area contributed by atoms with Crippen molar-refractivity contribution < 1.29 is 10.0 Å². The summed E-state index contributed by atoms with van der Waals surface area (Å²) < 4.78 is 0. The van der Waals surface area contributed by atoms with Crippen molar-refractivity contribution >= 4 is 22.4 Å². The zero-order valence-corrected chi connectivity index (χ0v) is 13.5. The summed E-state index contributed by atoms with van der Waals surface area (Å²) in [7, 11) is 0. The number of piperidine rings is 1. The maximum atomic E-state index is 10.8. The first-order chi connectivity index (χ1) is 11.6. The van der Waals surface area contributed by atoms with E-state index in [1.54, 1.807) is 18.2 Å². The summed E-state index contributed by atoms with van der Waals surface area (Å²) in [5.41, 5.74) is 0.748. The van der Waals surface area contributed by atoms with E-state index in [1.165, 1.54) is 31.4 Å². The zero-order valence-electron chi connectivity index (χ0n) is 13.5. The van der Waals surface area contributed by atoms with Crippen molar-refractivity contribution in [3.05, 3.63) is 40.4 Å². The molecular weight excluding hydrogens is 308 g/mol. The quantitative estimate of drug-likeness (QED) is 0.624. The molecule has 2 N–H and O–H groups in total. The number of nitro benzene ring substituents is 1. The van der Waals surface area contributed by atoms with Gasteiger partial charge in [-0.3, -0.25) is 10.1 Å². The number of benzene rings is 1. The fraction of sp³-hybridized carbons (Fsp3) is 0.471. The third-order valence-electron chi connectivity index (χ3n) is 4.32. The molecule has 0 amide bonds. The highest BCUT2D eigenvalue weighted by Crippen LogP contribution is 2.21. The standard InChI is InChI=1S/C17H22N4O3/c22-15(12-20-8-2-1-3-9-20)11-18-17-7-4-13-10-14(21(23)24)5-6-16(13)19-17/h4-7,10,15,22H,1-3,8-9,11-12H2,(H,18,19). The minimum atomic E-state index is -0.447. The molecule has 0 bridgehead atoms. The molecule has 7 heteroatoms. The van der Waals surface area contributed by atoms with Gasteiger partial charge in [0.15, 0.2) is 0 Å². The van der Waals surface area contributed by atoms with E-state index < -0.39 is 11.0 Å². The van der Waals surface area contributed by atoms with Crippen LogP contribution in [0.15, 0.2) is 30.3 Å². The Kier molecular flexibility index (Phi) is 5.22. The van der Waals surface area contributed by atoms with Gasteiger partial charge in [0.1, 0.15) is 5.82 Å². The fourth-order valence-corrected chi connectivity index (χ4v) is 3.05. The molecule has 1 aliphatic rings. The number of β-amino-alcohol motifs (C(OH)–C–C–N with tert-alkyl or cyclic N) is 1. The van der Waals surface area contributed by atoms with Crippen molar-refractivity contribution in [2.45, 2.75) is 25.4 Å². The number of nitrogens with zero attached hydrogens (tertiary/aromatic N) is 3. The number of aliphatic hydroxyl groups excluding tert-OH is 1. The zero-order chi connectivity index (χ0) is 16.9. The molecule has 2 aromatic rings. The number of hydrogen-bond donors (Lipinski definition) is 2. The second-order valence-corrected chi connectivity index (χ2v) is 6.23. The molecule has 0 aliphatic carbocycles. The Labute approximate surface area is 140 Å². The largest absolute Gasteiger partial charge is 0.390 e. The highest BCUT2D eigenvalue weighted by Gasteiger charge is 2.14. The first-order valence-corrected chi connectivity index (χ1v) is 8.31. The van der Waals surface area contributed by atoms with Gasteiger partial charge in [0, 0.05) is 30.6 Å². The lowest BCUT2D eigenvalue weighted by molar-refractivity contribution is -0.384. The molecule has 1 aliphatic heterocycles. The van der Waals surface area contributed by atoms with Gasteiger partial charge >= 0.3 is 0 Å². The Bertz CT molecular complexity index is 716. The van der Waals surface area contributed by atoms with E-state index in [2.05, 4.69) is 15.2 Å². The molecule has 1 unspecified atom stereocenters. The topological polar surface area (TPSA) is 91.5 Å². The van der Waals surface area contributed by atoms with Gasteiger partial charge in [-0.05, 0) is 44.1 Å². The van der Waals surface area contributed by atoms with E-state index in [-0.39, 0.29) is 5.69 Å². The van der Waals surface area contributed by atoms with Gasteiger partial charge in [0.2, 0.25) is 0 Å². The molecule has 1 saturated heterocycles. The van der Waals surface area contributed by atoms with Crippen molar-refractivity contribution in [1.29, 1.82) is 0 Å². The predicted octanol–water partition coefficient (Wildman–Crippen LogP) is 2.40. The lowest BCUT2D eigenvalue weighted by Crippen LogP contribution is -2.39. The molecule has 128 valence electrons. The highest BCUT2D eigenvalue weighted by atomic mass is 16.6. The van der Waals surface area contributed by atoms with Crippen LogP contribution in [0.3, 0.4) is 0 Å². The second-order valence-electron chi connectivity index (χ2n) is 6.23. The summed E-state index contributed by atoms with van der Waals surface area (Å²) in [5.74, 6) is 0.661. The van der Waals surface area contributed by atoms with Crippen molar-refractivity contribution in [2.75, 3.05) is 31.5 Å². The van der Waals surface area contributed by atoms with Gasteiger partial charge in [-0.15, -0.1) is 0 Å². The monoisotopic (exact) mass is 330 g/mol. The number of fused-ring (bicyclic) bond motifs is 1. The summed E-state index contributed by atoms with van der Waals surface area (Å²) in [5, 5.41) is 24.8. The van der Waals surface area contributed by atoms with Crippen LogP contribution in [-0.4, -0.2) is 52.2 Å². The molecule has 0 spiro atoms. The molecule has 1 fully saturated rings. The van der Waals surface area contributed by atoms with Gasteiger partial charge in [0.25, 0.3) is 5.69 Å². The number of nitrogens with one attached hydrogen (secondary N) is 1. The number of hydrogen-bond acceptors (Lipinski definition) is 6. The van der Waals surface area contributed by atoms with Crippen LogP contribution in [0.5, 0.6) is 0 Å². The third-order valence-corrected chi connectivity index (χ3v) is 4.32. The molecule has 0 saturated carbocycles. The summed E-state index contributed by atoms with van der Waals surface area (Å²) in [6, 6.07) is 8.18. The maximum Gasteiger partial charge on any atom is 0.270 e. The lowest BCUT2D eigenvalue weighted by Gasteiger charge is -2.28. The molecular formula is C17H22N4O3. The first kappa shape index (κ1) is 16.6. The van der Waals surface area contributed by atoms with Gasteiger partial charge in [0.05, 0.1) is 16.5 Å². The molecule has 24 heavy (non-hydrogen) atoms. The van der Waals surface area contributed by atoms with Crippen molar-refractivity contribution in [3.63, 3.8) is 0 Å². The first-order valence-electron chi connectivity index (χ1n) is 8.31. The number of likely N-dealkylation sites (tertiary alicyclic amines) is 1. The molecule has 7 nitrogen and oxygen atoms in total. The fourth-order valence-electron chi connectivity index (χ4n) is 3.05. The molecule has 1 aromatic heterocycles. The molecule has 2 heterocycles. The average molecular weight is 330 g/mol. The lowest BCUT2D eigenvalue weighted by atomic mass is 10.1. The van der Waals surface area contributed by atoms with Crippen LogP contribution >= 0.6 is 0 Å². The van der Waals surface area contributed by atoms with Crippen molar-refractivity contribution in [3.8, 4) is 0 Å². The van der Waals surface area contributed by atoms with E-state index in [0.29, 0.717) is 24.4 Å². The number of pyridine rings is 1. The normalized spacial score (nSPS) is 16.9. The van der Waals surface area contributed by atoms with Crippen molar-refractivity contribution in [2.24, 2.45) is 0 Å². The smallest absolute Gasteiger partial charge is 0.270 e. The average Bonchev–Trinajstić information content (AvgIpc) is 2.60. The Balaban J connectivity index is 1.58. The van der Waals surface area contributed by atoms with Crippen LogP contribution in [0.1, 0.15) is 19.3 Å². The molecule has 3 rings (SSSR count). The third kappa shape index (κ3) is 4.18. The number of aromatic nitrogens is 1. The molecule has 1 atom stereocenters. The predicted molar refractivity (Wildman–Crippen MR) is 93.2 cm³/mol. The Morgan fingerprint density at radius 3 is 2.79 bits per heavy atom. The number of nitro groups is 1. The van der Waals surface area contributed by atoms with Crippen LogP contribution in [0, 0.1) is 10.1 Å². The van der Waals surface area contributed by atoms with Gasteiger partial charge in [-0.25, -0.2) is 4.98 Å². The van der Waals surface area contributed by atoms with E-state index in [9.17, 15) is 15.2 Å². The number of anilines is 1. The van der Waals surface area contributed by atoms with E-state index in [1.807, 2.05) is 0 Å². The summed E-state index contributed by atoms with van der Waals surface area (Å²) >= 11 is 0. The van der Waals surface area contributed by atoms with Gasteiger partial charge < -0.3 is 15.3 Å². The van der Waals surface area contributed by atoms with Crippen LogP contribution < -0.4 is 5.32 Å². The van der Waals surface area contributed by atoms with Crippen LogP contribution in [0.25, 0.3) is 10.9 Å². The minimum absolute atomic E-state index is 0.0574. The number of aliphatic hydroxyl groups is 1. The summed E-state index contributed by atoms with van der Waals surface area (Å²) in [4.78, 5) is 17.1. The molecule has 1 aromatic carbocycles. The van der Waals surface area contributed by atoms with E-state index in [0.717, 1.165) is 18.5 Å². The minimum Gasteiger partial charge on any atom is -0.390 e.